The monoisotopic (exact) mass is 483 g/mol. The number of benzene rings is 1. The third kappa shape index (κ3) is 4.63. The topological polar surface area (TPSA) is 70.5 Å². The zero-order chi connectivity index (χ0) is 23.7. The molecule has 2 fully saturated rings. The summed E-state index contributed by atoms with van der Waals surface area (Å²) < 4.78 is 19.9. The number of ether oxygens (including phenoxy) is 1. The first kappa shape index (κ1) is 22.7. The van der Waals surface area contributed by atoms with Crippen molar-refractivity contribution in [3.8, 4) is 11.3 Å². The van der Waals surface area contributed by atoms with Gasteiger partial charge >= 0.3 is 0 Å². The van der Waals surface area contributed by atoms with E-state index in [1.165, 1.54) is 0 Å². The Bertz CT molecular complexity index is 1170. The lowest BCUT2D eigenvalue weighted by molar-refractivity contribution is 0.122. The van der Waals surface area contributed by atoms with Gasteiger partial charge in [0, 0.05) is 62.8 Å². The van der Waals surface area contributed by atoms with Crippen LogP contribution in [0.4, 0.5) is 22.0 Å². The highest BCUT2D eigenvalue weighted by atomic mass is 35.5. The average Bonchev–Trinajstić information content (AvgIpc) is 2.86. The van der Waals surface area contributed by atoms with Gasteiger partial charge in [0.25, 0.3) is 0 Å². The van der Waals surface area contributed by atoms with Crippen molar-refractivity contribution in [3.05, 3.63) is 53.2 Å². The largest absolute Gasteiger partial charge is 0.378 e. The average molecular weight is 484 g/mol. The first-order valence-corrected chi connectivity index (χ1v) is 11.8. The van der Waals surface area contributed by atoms with E-state index in [9.17, 15) is 4.39 Å². The van der Waals surface area contributed by atoms with Gasteiger partial charge in [0.05, 0.1) is 18.9 Å². The molecule has 10 heteroatoms. The molecule has 0 spiro atoms. The van der Waals surface area contributed by atoms with Crippen LogP contribution < -0.4 is 14.7 Å². The van der Waals surface area contributed by atoms with Crippen LogP contribution in [0.1, 0.15) is 12.5 Å². The molecule has 2 saturated heterocycles. The number of hydrogen-bond donors (Lipinski definition) is 0. The van der Waals surface area contributed by atoms with E-state index in [1.807, 2.05) is 12.1 Å². The second kappa shape index (κ2) is 9.68. The van der Waals surface area contributed by atoms with Crippen LogP contribution in [0.25, 0.3) is 11.3 Å². The number of aryl methyl sites for hydroxylation is 1. The number of piperazine rings is 1. The van der Waals surface area contributed by atoms with Gasteiger partial charge in [-0.25, -0.2) is 19.3 Å². The highest BCUT2D eigenvalue weighted by Crippen LogP contribution is 2.30. The van der Waals surface area contributed by atoms with Gasteiger partial charge in [-0.15, -0.1) is 0 Å². The van der Waals surface area contributed by atoms with Gasteiger partial charge in [0.1, 0.15) is 11.6 Å². The molecular formula is C24H27ClFN7O. The molecule has 1 aromatic carbocycles. The van der Waals surface area contributed by atoms with E-state index in [1.54, 1.807) is 31.5 Å². The van der Waals surface area contributed by atoms with Gasteiger partial charge in [0.15, 0.2) is 11.0 Å². The van der Waals surface area contributed by atoms with E-state index in [4.69, 9.17) is 26.3 Å². The van der Waals surface area contributed by atoms with E-state index in [2.05, 4.69) is 31.6 Å². The molecule has 5 rings (SSSR count). The van der Waals surface area contributed by atoms with Crippen LogP contribution in [0.15, 0.2) is 36.7 Å². The molecule has 0 radical (unpaired) electrons. The molecule has 1 atom stereocenters. The van der Waals surface area contributed by atoms with E-state index in [0.29, 0.717) is 41.4 Å². The Balaban J connectivity index is 1.47. The highest BCUT2D eigenvalue weighted by molar-refractivity contribution is 6.31. The zero-order valence-corrected chi connectivity index (χ0v) is 20.0. The Kier molecular flexibility index (Phi) is 6.47. The zero-order valence-electron chi connectivity index (χ0n) is 19.3. The van der Waals surface area contributed by atoms with Crippen molar-refractivity contribution in [2.75, 3.05) is 60.6 Å². The van der Waals surface area contributed by atoms with E-state index in [-0.39, 0.29) is 11.9 Å². The lowest BCUT2D eigenvalue weighted by Crippen LogP contribution is -2.53. The standard InChI is InChI=1S/C24H27ClFN7O/c1-16-3-4-18(13-19(16)26)20-14-21(30-24(29-20)31-9-11-34-12-10-31)33-8-7-32(15-17(33)2)23-22(25)27-5-6-28-23/h3-6,13-14,17H,7-12,15H2,1-2H3/t17-/m1/s1. The molecule has 2 aliphatic rings. The van der Waals surface area contributed by atoms with Crippen molar-refractivity contribution in [3.63, 3.8) is 0 Å². The second-order valence-corrected chi connectivity index (χ2v) is 8.99. The summed E-state index contributed by atoms with van der Waals surface area (Å²) in [5, 5.41) is 0.406. The molecule has 0 bridgehead atoms. The van der Waals surface area contributed by atoms with Gasteiger partial charge in [-0.1, -0.05) is 23.7 Å². The van der Waals surface area contributed by atoms with Crippen LogP contribution in [0.2, 0.25) is 5.15 Å². The van der Waals surface area contributed by atoms with Crippen molar-refractivity contribution in [2.45, 2.75) is 19.9 Å². The number of aromatic nitrogens is 4. The number of nitrogens with zero attached hydrogens (tertiary/aromatic N) is 7. The Morgan fingerprint density at radius 3 is 2.53 bits per heavy atom. The molecule has 8 nitrogen and oxygen atoms in total. The molecule has 34 heavy (non-hydrogen) atoms. The van der Waals surface area contributed by atoms with Crippen molar-refractivity contribution in [2.24, 2.45) is 0 Å². The van der Waals surface area contributed by atoms with Crippen molar-refractivity contribution in [1.29, 1.82) is 0 Å². The summed E-state index contributed by atoms with van der Waals surface area (Å²) in [6.07, 6.45) is 3.25. The molecule has 0 amide bonds. The molecule has 0 unspecified atom stereocenters. The van der Waals surface area contributed by atoms with Gasteiger partial charge < -0.3 is 19.4 Å². The fourth-order valence-corrected chi connectivity index (χ4v) is 4.61. The minimum absolute atomic E-state index is 0.141. The quantitative estimate of drug-likeness (QED) is 0.557. The first-order chi connectivity index (χ1) is 16.5. The molecule has 3 aromatic rings. The van der Waals surface area contributed by atoms with Crippen molar-refractivity contribution < 1.29 is 9.13 Å². The Labute approximate surface area is 203 Å². The molecule has 0 aliphatic carbocycles. The Morgan fingerprint density at radius 1 is 1.00 bits per heavy atom. The predicted octanol–water partition coefficient (Wildman–Crippen LogP) is 3.59. The molecule has 0 saturated carbocycles. The van der Waals surface area contributed by atoms with Crippen LogP contribution in [0.5, 0.6) is 0 Å². The van der Waals surface area contributed by atoms with Crippen LogP contribution in [-0.2, 0) is 4.74 Å². The first-order valence-electron chi connectivity index (χ1n) is 11.5. The third-order valence-electron chi connectivity index (χ3n) is 6.32. The summed E-state index contributed by atoms with van der Waals surface area (Å²) >= 11 is 6.28. The molecule has 2 aliphatic heterocycles. The lowest BCUT2D eigenvalue weighted by atomic mass is 10.1. The summed E-state index contributed by atoms with van der Waals surface area (Å²) in [5.74, 6) is 1.92. The molecule has 0 N–H and O–H groups in total. The number of hydrogen-bond acceptors (Lipinski definition) is 8. The third-order valence-corrected chi connectivity index (χ3v) is 6.59. The number of halogens is 2. The summed E-state index contributed by atoms with van der Waals surface area (Å²) in [6, 6.07) is 7.33. The molecular weight excluding hydrogens is 457 g/mol. The SMILES string of the molecule is Cc1ccc(-c2cc(N3CCN(c4nccnc4Cl)C[C@H]3C)nc(N3CCOCC3)n2)cc1F. The Hall–Kier alpha value is -3.04. The van der Waals surface area contributed by atoms with Gasteiger partial charge in [-0.05, 0) is 25.5 Å². The molecule has 4 heterocycles. The van der Waals surface area contributed by atoms with Gasteiger partial charge in [0.2, 0.25) is 5.95 Å². The number of anilines is 3. The maximum atomic E-state index is 14.4. The van der Waals surface area contributed by atoms with Gasteiger partial charge in [-0.2, -0.15) is 4.98 Å². The summed E-state index contributed by atoms with van der Waals surface area (Å²) in [5.41, 5.74) is 2.05. The van der Waals surface area contributed by atoms with Crippen LogP contribution in [0.3, 0.4) is 0 Å². The second-order valence-electron chi connectivity index (χ2n) is 8.63. The maximum absolute atomic E-state index is 14.4. The lowest BCUT2D eigenvalue weighted by Gasteiger charge is -2.41. The van der Waals surface area contributed by atoms with E-state index < -0.39 is 0 Å². The van der Waals surface area contributed by atoms with Crippen molar-refractivity contribution in [1.82, 2.24) is 19.9 Å². The smallest absolute Gasteiger partial charge is 0.228 e. The fourth-order valence-electron chi connectivity index (χ4n) is 4.39. The molecule has 178 valence electrons. The number of morpholine rings is 1. The normalized spacial score (nSPS) is 18.9. The maximum Gasteiger partial charge on any atom is 0.228 e. The van der Waals surface area contributed by atoms with Crippen LogP contribution in [-0.4, -0.2) is 71.9 Å². The highest BCUT2D eigenvalue weighted by Gasteiger charge is 2.28. The fraction of sp³-hybridized carbons (Fsp3) is 0.417. The summed E-state index contributed by atoms with van der Waals surface area (Å²) in [4.78, 5) is 24.9. The van der Waals surface area contributed by atoms with Crippen LogP contribution >= 0.6 is 11.6 Å². The summed E-state index contributed by atoms with van der Waals surface area (Å²) in [7, 11) is 0. The summed E-state index contributed by atoms with van der Waals surface area (Å²) in [6.45, 7) is 8.81. The molecule has 2 aromatic heterocycles. The van der Waals surface area contributed by atoms with E-state index >= 15 is 0 Å². The number of rotatable bonds is 4. The Morgan fingerprint density at radius 2 is 1.79 bits per heavy atom. The van der Waals surface area contributed by atoms with Crippen molar-refractivity contribution >= 4 is 29.2 Å². The predicted molar refractivity (Wildman–Crippen MR) is 131 cm³/mol. The minimum Gasteiger partial charge on any atom is -0.378 e. The van der Waals surface area contributed by atoms with Crippen LogP contribution in [0, 0.1) is 12.7 Å². The van der Waals surface area contributed by atoms with Gasteiger partial charge in [-0.3, -0.25) is 0 Å². The minimum atomic E-state index is -0.242. The van der Waals surface area contributed by atoms with E-state index in [0.717, 1.165) is 44.1 Å².